The van der Waals surface area contributed by atoms with Gasteiger partial charge in [-0.15, -0.1) is 0 Å². The van der Waals surface area contributed by atoms with Gasteiger partial charge in [0, 0.05) is 12.6 Å². The number of phenols is 1. The van der Waals surface area contributed by atoms with E-state index in [1.54, 1.807) is 0 Å². The summed E-state index contributed by atoms with van der Waals surface area (Å²) < 4.78 is 11.9. The van der Waals surface area contributed by atoms with Crippen LogP contribution in [0.4, 0.5) is 10.1 Å². The van der Waals surface area contributed by atoms with Crippen molar-refractivity contribution in [3.63, 3.8) is 0 Å². The first-order valence-corrected chi connectivity index (χ1v) is 4.92. The molecule has 0 fully saturated rings. The maximum atomic E-state index is 11.9. The van der Waals surface area contributed by atoms with Gasteiger partial charge in [-0.05, 0) is 30.4 Å². The Morgan fingerprint density at radius 3 is 2.76 bits per heavy atom. The molecule has 5 heteroatoms. The van der Waals surface area contributed by atoms with E-state index in [2.05, 4.69) is 5.32 Å². The lowest BCUT2D eigenvalue weighted by molar-refractivity contribution is -0.114. The first-order valence-electron chi connectivity index (χ1n) is 4.92. The average molecular weight is 237 g/mol. The highest BCUT2D eigenvalue weighted by Gasteiger charge is 2.09. The summed E-state index contributed by atoms with van der Waals surface area (Å²) in [5.41, 5.74) is 0.410. The number of hydrogen-bond acceptors (Lipinski definition) is 3. The highest BCUT2D eigenvalue weighted by molar-refractivity contribution is 6.07. The second kappa shape index (κ2) is 5.79. The van der Waals surface area contributed by atoms with Gasteiger partial charge in [-0.2, -0.15) is 0 Å². The van der Waals surface area contributed by atoms with Crippen LogP contribution >= 0.6 is 0 Å². The molecule has 2 N–H and O–H groups in total. The monoisotopic (exact) mass is 237 g/mol. The van der Waals surface area contributed by atoms with E-state index in [4.69, 9.17) is 0 Å². The van der Waals surface area contributed by atoms with Gasteiger partial charge in [0.2, 0.25) is 5.91 Å². The molecule has 0 saturated heterocycles. The number of rotatable bonds is 4. The summed E-state index contributed by atoms with van der Waals surface area (Å²) in [6.45, 7) is 0.579. The second-order valence-corrected chi connectivity index (χ2v) is 3.33. The Bertz CT molecular complexity index is 469. The molecule has 0 heterocycles. The molecule has 1 amide bonds. The molecular formula is C12H12FNO3. The highest BCUT2D eigenvalue weighted by atomic mass is 19.1. The number of aromatic hydroxyl groups is 1. The number of allylic oxidation sites excluding steroid dienone is 2. The standard InChI is InChI=1S/C12H12FNO3/c1-8(15)14-9-4-5-12(17)10(7-9)11(16)3-2-6-13/h2-5,7,17H,6H2,1H3,(H,14,15)/b3-2+. The summed E-state index contributed by atoms with van der Waals surface area (Å²) >= 11 is 0. The summed E-state index contributed by atoms with van der Waals surface area (Å²) in [5.74, 6) is -1.02. The second-order valence-electron chi connectivity index (χ2n) is 3.33. The van der Waals surface area contributed by atoms with E-state index >= 15 is 0 Å². The van der Waals surface area contributed by atoms with Crippen LogP contribution in [0.25, 0.3) is 0 Å². The number of carbonyl (C=O) groups excluding carboxylic acids is 2. The van der Waals surface area contributed by atoms with E-state index in [1.165, 1.54) is 25.1 Å². The van der Waals surface area contributed by atoms with Crippen molar-refractivity contribution in [1.29, 1.82) is 0 Å². The van der Waals surface area contributed by atoms with Crippen LogP contribution in [-0.2, 0) is 4.79 Å². The topological polar surface area (TPSA) is 66.4 Å². The van der Waals surface area contributed by atoms with Gasteiger partial charge >= 0.3 is 0 Å². The van der Waals surface area contributed by atoms with E-state index in [0.717, 1.165) is 12.2 Å². The fraction of sp³-hybridized carbons (Fsp3) is 0.167. The number of alkyl halides is 1. The van der Waals surface area contributed by atoms with Crippen molar-refractivity contribution in [2.45, 2.75) is 6.92 Å². The normalized spacial score (nSPS) is 10.5. The molecule has 0 unspecified atom stereocenters. The molecule has 1 aromatic carbocycles. The Labute approximate surface area is 97.8 Å². The predicted molar refractivity (Wildman–Crippen MR) is 61.9 cm³/mol. The molecule has 0 bridgehead atoms. The third kappa shape index (κ3) is 3.71. The molecule has 0 aliphatic carbocycles. The van der Waals surface area contributed by atoms with Crippen molar-refractivity contribution < 1.29 is 19.1 Å². The summed E-state index contributed by atoms with van der Waals surface area (Å²) in [4.78, 5) is 22.4. The summed E-state index contributed by atoms with van der Waals surface area (Å²) in [6.07, 6.45) is 2.08. The molecule has 90 valence electrons. The molecular weight excluding hydrogens is 225 g/mol. The zero-order valence-corrected chi connectivity index (χ0v) is 9.24. The Balaban J connectivity index is 3.01. The average Bonchev–Trinajstić information content (AvgIpc) is 2.28. The Hall–Kier alpha value is -2.17. The van der Waals surface area contributed by atoms with Crippen molar-refractivity contribution in [2.24, 2.45) is 0 Å². The molecule has 0 spiro atoms. The number of benzene rings is 1. The molecule has 0 aromatic heterocycles. The smallest absolute Gasteiger partial charge is 0.221 e. The number of nitrogens with one attached hydrogen (secondary N) is 1. The summed E-state index contributed by atoms with van der Waals surface area (Å²) in [6, 6.07) is 4.09. The lowest BCUT2D eigenvalue weighted by atomic mass is 10.1. The third-order valence-corrected chi connectivity index (χ3v) is 1.94. The molecule has 1 aromatic rings. The molecule has 0 saturated carbocycles. The van der Waals surface area contributed by atoms with E-state index < -0.39 is 12.5 Å². The number of hydrogen-bond donors (Lipinski definition) is 2. The molecule has 0 radical (unpaired) electrons. The van der Waals surface area contributed by atoms with Crippen molar-refractivity contribution in [1.82, 2.24) is 0 Å². The number of phenolic OH excluding ortho intramolecular Hbond substituents is 1. The van der Waals surface area contributed by atoms with Gasteiger partial charge in [0.25, 0.3) is 0 Å². The van der Waals surface area contributed by atoms with Crippen LogP contribution in [0.15, 0.2) is 30.4 Å². The van der Waals surface area contributed by atoms with Crippen molar-refractivity contribution in [2.75, 3.05) is 12.0 Å². The molecule has 0 aliphatic rings. The van der Waals surface area contributed by atoms with Gasteiger partial charge in [-0.25, -0.2) is 4.39 Å². The van der Waals surface area contributed by atoms with Crippen LogP contribution in [0.2, 0.25) is 0 Å². The predicted octanol–water partition coefficient (Wildman–Crippen LogP) is 2.06. The van der Waals surface area contributed by atoms with Crippen molar-refractivity contribution >= 4 is 17.4 Å². The van der Waals surface area contributed by atoms with Gasteiger partial charge in [0.1, 0.15) is 12.4 Å². The van der Waals surface area contributed by atoms with Crippen LogP contribution in [0, 0.1) is 0 Å². The fourth-order valence-corrected chi connectivity index (χ4v) is 1.26. The number of carbonyl (C=O) groups is 2. The molecule has 1 rings (SSSR count). The van der Waals surface area contributed by atoms with Crippen LogP contribution in [0.3, 0.4) is 0 Å². The van der Waals surface area contributed by atoms with Crippen molar-refractivity contribution in [3.05, 3.63) is 35.9 Å². The minimum Gasteiger partial charge on any atom is -0.507 e. The van der Waals surface area contributed by atoms with Gasteiger partial charge in [-0.1, -0.05) is 0 Å². The quantitative estimate of drug-likeness (QED) is 0.478. The molecule has 0 aliphatic heterocycles. The lowest BCUT2D eigenvalue weighted by Crippen LogP contribution is -2.06. The van der Waals surface area contributed by atoms with Gasteiger partial charge in [-0.3, -0.25) is 9.59 Å². The van der Waals surface area contributed by atoms with Crippen molar-refractivity contribution in [3.8, 4) is 5.75 Å². The van der Waals surface area contributed by atoms with E-state index in [-0.39, 0.29) is 17.2 Å². The number of amides is 1. The lowest BCUT2D eigenvalue weighted by Gasteiger charge is -2.05. The highest BCUT2D eigenvalue weighted by Crippen LogP contribution is 2.22. The summed E-state index contributed by atoms with van der Waals surface area (Å²) in [5, 5.41) is 12.0. The number of halogens is 1. The first kappa shape index (κ1) is 12.9. The van der Waals surface area contributed by atoms with Crippen LogP contribution in [-0.4, -0.2) is 23.5 Å². The van der Waals surface area contributed by atoms with Crippen LogP contribution < -0.4 is 5.32 Å². The Morgan fingerprint density at radius 2 is 2.18 bits per heavy atom. The van der Waals surface area contributed by atoms with E-state index in [1.807, 2.05) is 0 Å². The minimum atomic E-state index is -0.752. The summed E-state index contributed by atoms with van der Waals surface area (Å²) in [7, 11) is 0. The first-order chi connectivity index (χ1) is 8.04. The molecule has 0 atom stereocenters. The zero-order chi connectivity index (χ0) is 12.8. The Kier molecular flexibility index (Phi) is 4.39. The fourth-order valence-electron chi connectivity index (χ4n) is 1.26. The van der Waals surface area contributed by atoms with Gasteiger partial charge in [0.15, 0.2) is 5.78 Å². The maximum absolute atomic E-state index is 11.9. The molecule has 17 heavy (non-hydrogen) atoms. The van der Waals surface area contributed by atoms with E-state index in [9.17, 15) is 19.1 Å². The van der Waals surface area contributed by atoms with Crippen LogP contribution in [0.1, 0.15) is 17.3 Å². The minimum absolute atomic E-state index is 0.0148. The number of anilines is 1. The van der Waals surface area contributed by atoms with E-state index in [0.29, 0.717) is 5.69 Å². The van der Waals surface area contributed by atoms with Crippen LogP contribution in [0.5, 0.6) is 5.75 Å². The largest absolute Gasteiger partial charge is 0.507 e. The van der Waals surface area contributed by atoms with Gasteiger partial charge < -0.3 is 10.4 Å². The maximum Gasteiger partial charge on any atom is 0.221 e. The SMILES string of the molecule is CC(=O)Nc1ccc(O)c(C(=O)/C=C/CF)c1. The third-order valence-electron chi connectivity index (χ3n) is 1.94. The Morgan fingerprint density at radius 1 is 1.47 bits per heavy atom. The van der Waals surface area contributed by atoms with Gasteiger partial charge in [0.05, 0.1) is 5.56 Å². The zero-order valence-electron chi connectivity index (χ0n) is 9.24. The number of ketones is 1. The molecule has 4 nitrogen and oxygen atoms in total.